The van der Waals surface area contributed by atoms with Gasteiger partial charge in [-0.25, -0.2) is 0 Å². The first-order chi connectivity index (χ1) is 13.1. The normalized spacial score (nSPS) is 30.9. The summed E-state index contributed by atoms with van der Waals surface area (Å²) in [6.45, 7) is 0. The fraction of sp³-hybridized carbons (Fsp3) is 0.435. The van der Waals surface area contributed by atoms with Crippen molar-refractivity contribution in [3.05, 3.63) is 59.1 Å². The lowest BCUT2D eigenvalue weighted by molar-refractivity contribution is -0.00518. The van der Waals surface area contributed by atoms with Crippen molar-refractivity contribution in [1.29, 1.82) is 0 Å². The van der Waals surface area contributed by atoms with Crippen molar-refractivity contribution in [3.63, 3.8) is 0 Å². The molecule has 0 atom stereocenters. The zero-order valence-corrected chi connectivity index (χ0v) is 17.0. The molecular formula is C23H25ClN2S. The monoisotopic (exact) mass is 396 g/mol. The van der Waals surface area contributed by atoms with Crippen LogP contribution in [0.5, 0.6) is 0 Å². The highest BCUT2D eigenvalue weighted by Crippen LogP contribution is 2.60. The fourth-order valence-corrected chi connectivity index (χ4v) is 6.56. The fourth-order valence-electron chi connectivity index (χ4n) is 6.20. The number of benzene rings is 2. The average Bonchev–Trinajstić information content (AvgIpc) is 2.63. The van der Waals surface area contributed by atoms with E-state index in [-0.39, 0.29) is 0 Å². The van der Waals surface area contributed by atoms with E-state index in [0.717, 1.165) is 34.2 Å². The van der Waals surface area contributed by atoms with Crippen LogP contribution in [0.2, 0.25) is 5.02 Å². The van der Waals surface area contributed by atoms with E-state index in [2.05, 4.69) is 34.9 Å². The van der Waals surface area contributed by atoms with Crippen LogP contribution in [-0.2, 0) is 5.41 Å². The molecular weight excluding hydrogens is 372 g/mol. The Morgan fingerprint density at radius 3 is 1.70 bits per heavy atom. The van der Waals surface area contributed by atoms with Crippen LogP contribution in [-0.4, -0.2) is 5.11 Å². The molecule has 0 unspecified atom stereocenters. The van der Waals surface area contributed by atoms with Gasteiger partial charge in [0.2, 0.25) is 0 Å². The Morgan fingerprint density at radius 1 is 0.778 bits per heavy atom. The molecule has 0 amide bonds. The number of hydrogen-bond donors (Lipinski definition) is 2. The van der Waals surface area contributed by atoms with Crippen LogP contribution in [0.1, 0.15) is 44.1 Å². The number of thiocarbonyl (C=S) groups is 1. The second-order valence-corrected chi connectivity index (χ2v) is 9.71. The molecule has 0 aliphatic heterocycles. The molecule has 4 saturated carbocycles. The minimum absolute atomic E-state index is 0.454. The van der Waals surface area contributed by atoms with Crippen LogP contribution >= 0.6 is 23.8 Å². The maximum atomic E-state index is 5.93. The van der Waals surface area contributed by atoms with Gasteiger partial charge in [0.1, 0.15) is 0 Å². The number of halogens is 1. The van der Waals surface area contributed by atoms with Gasteiger partial charge in [0.05, 0.1) is 0 Å². The Kier molecular flexibility index (Phi) is 4.40. The van der Waals surface area contributed by atoms with Gasteiger partial charge in [0.15, 0.2) is 5.11 Å². The molecule has 27 heavy (non-hydrogen) atoms. The standard InChI is InChI=1S/C23H25ClN2S/c24-19-3-7-21(8-4-19)26-22(27)25-20-5-1-18(2-6-20)23-12-15-9-16(13-23)11-17(10-15)14-23/h1-8,15-17H,9-14H2,(H2,25,26,27). The maximum Gasteiger partial charge on any atom is 0.175 e. The molecule has 4 aliphatic carbocycles. The zero-order chi connectivity index (χ0) is 18.4. The Morgan fingerprint density at radius 2 is 1.22 bits per heavy atom. The first-order valence-electron chi connectivity index (χ1n) is 10.0. The summed E-state index contributed by atoms with van der Waals surface area (Å²) >= 11 is 11.4. The van der Waals surface area contributed by atoms with E-state index in [1.54, 1.807) is 5.56 Å². The summed E-state index contributed by atoms with van der Waals surface area (Å²) in [6.07, 6.45) is 8.68. The summed E-state index contributed by atoms with van der Waals surface area (Å²) in [6, 6.07) is 16.6. The molecule has 4 aliphatic rings. The lowest BCUT2D eigenvalue weighted by Crippen LogP contribution is -2.48. The molecule has 0 saturated heterocycles. The Bertz CT molecular complexity index is 808. The number of rotatable bonds is 3. The topological polar surface area (TPSA) is 24.1 Å². The molecule has 0 spiro atoms. The predicted octanol–water partition coefficient (Wildman–Crippen LogP) is 6.62. The van der Waals surface area contributed by atoms with Crippen LogP contribution in [0.15, 0.2) is 48.5 Å². The molecule has 2 N–H and O–H groups in total. The first-order valence-corrected chi connectivity index (χ1v) is 10.8. The van der Waals surface area contributed by atoms with Gasteiger partial charge >= 0.3 is 0 Å². The van der Waals surface area contributed by atoms with Crippen LogP contribution in [0.3, 0.4) is 0 Å². The quantitative estimate of drug-likeness (QED) is 0.570. The molecule has 4 bridgehead atoms. The maximum absolute atomic E-state index is 5.93. The smallest absolute Gasteiger partial charge is 0.175 e. The molecule has 0 radical (unpaired) electrons. The molecule has 4 fully saturated rings. The lowest BCUT2D eigenvalue weighted by Gasteiger charge is -2.57. The summed E-state index contributed by atoms with van der Waals surface area (Å²) < 4.78 is 0. The SMILES string of the molecule is S=C(Nc1ccc(Cl)cc1)Nc1ccc(C23CC4CC(CC(C4)C2)C3)cc1. The van der Waals surface area contributed by atoms with Gasteiger partial charge < -0.3 is 10.6 Å². The van der Waals surface area contributed by atoms with Gasteiger partial charge in [0.25, 0.3) is 0 Å². The van der Waals surface area contributed by atoms with Gasteiger partial charge in [-0.2, -0.15) is 0 Å². The van der Waals surface area contributed by atoms with Crippen molar-refractivity contribution in [3.8, 4) is 0 Å². The Hall–Kier alpha value is -1.58. The van der Waals surface area contributed by atoms with Crippen LogP contribution in [0.4, 0.5) is 11.4 Å². The number of anilines is 2. The summed E-state index contributed by atoms with van der Waals surface area (Å²) in [5, 5.41) is 7.81. The molecule has 4 heteroatoms. The van der Waals surface area contributed by atoms with Crippen molar-refractivity contribution in [1.82, 2.24) is 0 Å². The van der Waals surface area contributed by atoms with Gasteiger partial charge in [0, 0.05) is 16.4 Å². The second-order valence-electron chi connectivity index (χ2n) is 8.86. The summed E-state index contributed by atoms with van der Waals surface area (Å²) in [5.41, 5.74) is 3.97. The van der Waals surface area contributed by atoms with E-state index in [1.807, 2.05) is 24.3 Å². The average molecular weight is 397 g/mol. The molecule has 2 aromatic carbocycles. The minimum Gasteiger partial charge on any atom is -0.332 e. The Balaban J connectivity index is 1.27. The zero-order valence-electron chi connectivity index (χ0n) is 15.4. The summed E-state index contributed by atoms with van der Waals surface area (Å²) in [4.78, 5) is 0. The molecule has 6 rings (SSSR count). The largest absolute Gasteiger partial charge is 0.332 e. The third-order valence-electron chi connectivity index (χ3n) is 6.90. The van der Waals surface area contributed by atoms with Gasteiger partial charge in [-0.15, -0.1) is 0 Å². The highest BCUT2D eigenvalue weighted by Gasteiger charge is 2.51. The Labute approximate surface area is 171 Å². The van der Waals surface area contributed by atoms with Crippen LogP contribution in [0, 0.1) is 17.8 Å². The van der Waals surface area contributed by atoms with Gasteiger partial charge in [-0.1, -0.05) is 23.7 Å². The van der Waals surface area contributed by atoms with Crippen molar-refractivity contribution >= 4 is 40.3 Å². The van der Waals surface area contributed by atoms with Crippen LogP contribution < -0.4 is 10.6 Å². The molecule has 140 valence electrons. The van der Waals surface area contributed by atoms with Crippen LogP contribution in [0.25, 0.3) is 0 Å². The van der Waals surface area contributed by atoms with E-state index >= 15 is 0 Å². The van der Waals surface area contributed by atoms with Crippen molar-refractivity contribution < 1.29 is 0 Å². The van der Waals surface area contributed by atoms with E-state index < -0.39 is 0 Å². The molecule has 0 aromatic heterocycles. The third kappa shape index (κ3) is 3.48. The van der Waals surface area contributed by atoms with Gasteiger partial charge in [-0.3, -0.25) is 0 Å². The number of nitrogens with one attached hydrogen (secondary N) is 2. The minimum atomic E-state index is 0.454. The molecule has 2 nitrogen and oxygen atoms in total. The molecule has 2 aromatic rings. The third-order valence-corrected chi connectivity index (χ3v) is 7.35. The summed E-state index contributed by atoms with van der Waals surface area (Å²) in [7, 11) is 0. The van der Waals surface area contributed by atoms with E-state index in [9.17, 15) is 0 Å². The highest BCUT2D eigenvalue weighted by molar-refractivity contribution is 7.80. The van der Waals surface area contributed by atoms with E-state index in [1.165, 1.54) is 38.5 Å². The first kappa shape index (κ1) is 17.5. The van der Waals surface area contributed by atoms with Crippen molar-refractivity contribution in [2.45, 2.75) is 43.9 Å². The van der Waals surface area contributed by atoms with E-state index in [4.69, 9.17) is 23.8 Å². The lowest BCUT2D eigenvalue weighted by atomic mass is 9.48. The molecule has 0 heterocycles. The van der Waals surface area contributed by atoms with Gasteiger partial charge in [-0.05, 0) is 116 Å². The summed E-state index contributed by atoms with van der Waals surface area (Å²) in [5.74, 6) is 2.93. The predicted molar refractivity (Wildman–Crippen MR) is 118 cm³/mol. The van der Waals surface area contributed by atoms with Crippen molar-refractivity contribution in [2.24, 2.45) is 17.8 Å². The van der Waals surface area contributed by atoms with E-state index in [0.29, 0.717) is 10.5 Å². The second kappa shape index (κ2) is 6.79. The van der Waals surface area contributed by atoms with Crippen molar-refractivity contribution in [2.75, 3.05) is 10.6 Å². The highest BCUT2D eigenvalue weighted by atomic mass is 35.5. The number of hydrogen-bond acceptors (Lipinski definition) is 1.